The van der Waals surface area contributed by atoms with Crippen LogP contribution in [-0.4, -0.2) is 83.8 Å². The monoisotopic (exact) mass is 2730 g/mol. The average molecular weight is 2740 g/mol. The number of cyclic esters (lactones) is 1. The number of carbonyl (C=O) groups excluding carboxylic acids is 3. The number of H-pyrrole nitrogens is 1. The van der Waals surface area contributed by atoms with Crippen molar-refractivity contribution in [3.05, 3.63) is 309 Å². The zero-order valence-electron chi connectivity index (χ0n) is 55.6. The van der Waals surface area contributed by atoms with Gasteiger partial charge in [0.2, 0.25) is 5.56 Å². The van der Waals surface area contributed by atoms with Gasteiger partial charge in [0.15, 0.2) is 0 Å². The summed E-state index contributed by atoms with van der Waals surface area (Å²) < 4.78 is 25.6. The first-order valence-electron chi connectivity index (χ1n) is 24.6. The van der Waals surface area contributed by atoms with Crippen LogP contribution in [0.2, 0.25) is 10.0 Å². The summed E-state index contributed by atoms with van der Waals surface area (Å²) in [5.41, 5.74) is 8.50. The molecule has 26 N–H and O–H groups in total. The van der Waals surface area contributed by atoms with Gasteiger partial charge in [0.1, 0.15) is 40.4 Å². The summed E-state index contributed by atoms with van der Waals surface area (Å²) in [4.78, 5) is 101. The number of phenols is 2. The Labute approximate surface area is 728 Å². The third kappa shape index (κ3) is 55.1. The van der Waals surface area contributed by atoms with Gasteiger partial charge in [-0.1, -0.05) is 65.2 Å². The average Bonchev–Trinajstić information content (AvgIpc) is 1.42. The van der Waals surface area contributed by atoms with Gasteiger partial charge in [0, 0.05) is 70.1 Å². The standard InChI is InChI=1S/C21H12Cl2O5.C10H9O4.C9H7NO.C8H7N3O2.C4H8NO.10ClH.5HNO2.10H2N.5Pt/c22-13-5-11-17(7-15(13)24)27-18-8-16(25)14(23)6-12(18)19(11)20-9-3-1-2-4-10(9)21(26)28-20;1-13-9(11)7-5-3-4-6-8(7)10(12)14-2;11-9-5-6-10-8-4-2-1-3-7(8)9;9-5-3-1-2-4-6(5)8(13)11-10-7(4)12;1-3-6-4-2-5-1;;;;;;;;;;;5*2-1-3;;;;;;;;;;;;;;;/h1-8,19-20,24-25H;3-5H,1-2H3;1-6H,(H,10,11);1-3H,(H4,9,10,11,12,13);1-4H2;10*1H;5*(H,2,3);10*1H2;;;;;/q;-1;;;-1;;;;;;;;;;;;;;;;10*-1;3*+2;2*+4/p-16. The molecule has 3 aliphatic heterocycles. The van der Waals surface area contributed by atoms with Gasteiger partial charge >= 0.3 is 183 Å². The Hall–Kier alpha value is -5.48. The Bertz CT molecular complexity index is 3760. The summed E-state index contributed by atoms with van der Waals surface area (Å²) in [6, 6.07) is 34.2. The van der Waals surface area contributed by atoms with E-state index in [9.17, 15) is 39.3 Å². The fourth-order valence-electron chi connectivity index (χ4n) is 7.57. The minimum atomic E-state index is -0.633. The van der Waals surface area contributed by atoms with Gasteiger partial charge in [-0.2, -0.15) is 0 Å². The Balaban J connectivity index is -0.0000000836. The van der Waals surface area contributed by atoms with Crippen LogP contribution in [-0.2, 0) is 101 Å². The molecule has 0 radical (unpaired) electrons. The SMILES string of the molecule is C1COCC[N-]1.COC(=O)c1[c-]cccc1C(=O)OC.Nc1cccc2c(=O)[nH][n-]c(=O)c12.O=C1OC(C2c3cc(Cl)c(O)cc3Oc3cc(O)c(Cl)cc32)c2ccccc21.O=N[O-].O=N[O-].O=N[O-].O=N[O-].O=N[O-].Oc1ccnc2ccccc12.[Cl][Pt+2][Cl].[Cl][Pt+2][Cl].[Cl][Pt][Cl].[Cl][Pt][Cl].[Cl][Pt][Cl].[NH2-].[NH2-].[NH2-].[NH2-].[NH2-].[NH2-].[NH2-].[NH2-].[NH2-].[NH2-]. The molecule has 3 aliphatic rings. The third-order valence-corrected chi connectivity index (χ3v) is 11.6. The number of esters is 3. The second kappa shape index (κ2) is 89.5. The van der Waals surface area contributed by atoms with Crippen molar-refractivity contribution in [3.8, 4) is 28.7 Å². The van der Waals surface area contributed by atoms with E-state index in [4.69, 9.17) is 188 Å². The van der Waals surface area contributed by atoms with Gasteiger partial charge in [-0.3, -0.25) is 14.6 Å². The summed E-state index contributed by atoms with van der Waals surface area (Å²) in [7, 11) is 51.2. The zero-order chi connectivity index (χ0) is 78.5. The fraction of sp³-hybridized carbons (Fsp3) is 0.154. The van der Waals surface area contributed by atoms with Crippen LogP contribution >= 0.6 is 117 Å². The summed E-state index contributed by atoms with van der Waals surface area (Å²) >= 11 is 9.94. The molecule has 8 aromatic rings. The second-order valence-electron chi connectivity index (χ2n) is 16.0. The van der Waals surface area contributed by atoms with E-state index in [0.717, 1.165) is 69.5 Å². The Morgan fingerprint density at radius 1 is 0.598 bits per heavy atom. The molecule has 5 heterocycles. The minimum absolute atomic E-state index is 0. The van der Waals surface area contributed by atoms with Gasteiger partial charge in [-0.15, -0.1) is 64.1 Å². The number of ether oxygens (including phenoxy) is 5. The number of aromatic nitrogens is 3. The summed E-state index contributed by atoms with van der Waals surface area (Å²) in [6.07, 6.45) is 0.962. The van der Waals surface area contributed by atoms with E-state index >= 15 is 0 Å². The molecule has 656 valence electrons. The number of nitrogens with two attached hydrogens (primary N) is 11. The van der Waals surface area contributed by atoms with Crippen LogP contribution in [0.3, 0.4) is 0 Å². The van der Waals surface area contributed by atoms with Crippen LogP contribution in [0.4, 0.5) is 5.69 Å². The molecule has 2 aromatic heterocycles. The predicted octanol–water partition coefficient (Wildman–Crippen LogP) is 23.7. The van der Waals surface area contributed by atoms with Crippen LogP contribution in [0.25, 0.3) is 88.5 Å². The summed E-state index contributed by atoms with van der Waals surface area (Å²) in [5, 5.41) is 85.4. The van der Waals surface area contributed by atoms with Crippen LogP contribution < -0.4 is 26.7 Å². The number of pyridine rings is 1. The molecule has 0 aliphatic carbocycles. The number of nitrogens with one attached hydrogen (secondary N) is 1. The Morgan fingerprint density at radius 2 is 1.01 bits per heavy atom. The number of anilines is 1. The molecule has 0 spiro atoms. The van der Waals surface area contributed by atoms with Crippen molar-refractivity contribution in [2.24, 2.45) is 26.7 Å². The number of hydrogen-bond donors (Lipinski definition) is 5. The van der Waals surface area contributed by atoms with Crippen molar-refractivity contribution in [1.29, 1.82) is 0 Å². The summed E-state index contributed by atoms with van der Waals surface area (Å²) in [6.45, 7) is 3.47. The number of fused-ring (bicyclic) bond motifs is 5. The van der Waals surface area contributed by atoms with Crippen molar-refractivity contribution in [3.63, 3.8) is 0 Å². The first-order valence-corrected chi connectivity index (χ1v) is 53.5. The number of halogens is 12. The molecule has 0 bridgehead atoms. The number of phenolic OH excluding ortho intramolecular Hbond substituents is 2. The topological polar surface area (TPSA) is 873 Å². The molecule has 1 atom stereocenters. The quantitative estimate of drug-likeness (QED) is 0.0274. The van der Waals surface area contributed by atoms with Crippen molar-refractivity contribution < 1.29 is 136 Å². The number of rotatable bonds is 3. The number of methoxy groups -OCH3 is 2. The number of nitrogens with zero attached hydrogens (tertiary/aromatic N) is 8. The molecular weight excluding hydrogens is 2670 g/mol. The van der Waals surface area contributed by atoms with Gasteiger partial charge in [0.05, 0.1) is 41.3 Å². The van der Waals surface area contributed by atoms with Crippen LogP contribution in [0.1, 0.15) is 59.8 Å². The maximum Gasteiger partial charge on any atom is -0.693 e. The smallest absolute Gasteiger partial charge is 0.693 e. The number of para-hydroxylation sites is 1. The van der Waals surface area contributed by atoms with E-state index in [0.29, 0.717) is 28.2 Å². The number of aromatic amines is 1. The van der Waals surface area contributed by atoms with Crippen LogP contribution in [0, 0.1) is 56.6 Å². The molecular formula is C52H62Cl12N20O23Pt5-14. The van der Waals surface area contributed by atoms with Gasteiger partial charge in [0.25, 0.3) is 11.9 Å². The van der Waals surface area contributed by atoms with Gasteiger partial charge in [-0.25, -0.2) is 4.79 Å². The second-order valence-corrected chi connectivity index (χ2v) is 33.2. The molecule has 11 rings (SSSR count). The summed E-state index contributed by atoms with van der Waals surface area (Å²) in [5.74, 6) is -1.34. The Morgan fingerprint density at radius 3 is 1.40 bits per heavy atom. The van der Waals surface area contributed by atoms with Crippen molar-refractivity contribution >= 4 is 163 Å². The molecule has 1 unspecified atom stereocenters. The van der Waals surface area contributed by atoms with E-state index in [1.54, 1.807) is 54.7 Å². The van der Waals surface area contributed by atoms with Gasteiger partial charge < -0.3 is 182 Å². The largest absolute Gasteiger partial charge is 0.693 e. The molecule has 0 amide bonds. The number of aromatic hydroxyl groups is 3. The molecule has 112 heavy (non-hydrogen) atoms. The first kappa shape index (κ1) is 139. The predicted molar refractivity (Wildman–Crippen MR) is 424 cm³/mol. The van der Waals surface area contributed by atoms with E-state index in [1.807, 2.05) is 36.4 Å². The van der Waals surface area contributed by atoms with E-state index in [2.05, 4.69) is 36.0 Å². The number of hydrogen-bond acceptors (Lipinski definition) is 30. The molecule has 1 saturated heterocycles. The van der Waals surface area contributed by atoms with Crippen LogP contribution in [0.15, 0.2) is 158 Å². The fourth-order valence-corrected chi connectivity index (χ4v) is 7.91. The molecule has 0 saturated carbocycles. The molecule has 1 fully saturated rings. The van der Waals surface area contributed by atoms with E-state index < -0.39 is 123 Å². The number of nitrogen functional groups attached to an aromatic ring is 1. The maximum atomic E-state index is 12.4. The Kier molecular flexibility index (Phi) is 111. The third-order valence-electron chi connectivity index (χ3n) is 11.0. The van der Waals surface area contributed by atoms with Crippen molar-refractivity contribution in [2.45, 2.75) is 12.0 Å². The van der Waals surface area contributed by atoms with Crippen molar-refractivity contribution in [1.82, 2.24) is 15.2 Å². The van der Waals surface area contributed by atoms with E-state index in [-0.39, 0.29) is 116 Å². The zero-order valence-corrected chi connectivity index (χ0v) is 76.0. The minimum Gasteiger partial charge on any atom is -0.693 e. The molecule has 43 nitrogen and oxygen atoms in total. The number of benzene rings is 6. The number of morpholine rings is 1. The van der Waals surface area contributed by atoms with Crippen molar-refractivity contribution in [2.75, 3.05) is 46.3 Å². The van der Waals surface area contributed by atoms with E-state index in [1.165, 1.54) is 44.6 Å². The molecule has 60 heteroatoms. The maximum absolute atomic E-state index is 12.4. The van der Waals surface area contributed by atoms with Crippen LogP contribution in [0.5, 0.6) is 28.7 Å². The number of carbonyl (C=O) groups is 3. The normalized spacial score (nSPS) is 10.5. The van der Waals surface area contributed by atoms with Gasteiger partial charge in [-0.05, 0) is 54.1 Å². The first-order chi connectivity index (χ1) is 48.9. The molecule has 6 aromatic carbocycles.